The fourth-order valence-electron chi connectivity index (χ4n) is 4.83. The molecule has 3 rings (SSSR count). The van der Waals surface area contributed by atoms with Crippen LogP contribution in [0.1, 0.15) is 18.4 Å². The zero-order valence-electron chi connectivity index (χ0n) is 16.9. The molecule has 1 unspecified atom stereocenters. The number of methoxy groups -OCH3 is 3. The Kier molecular flexibility index (Phi) is 6.98. The van der Waals surface area contributed by atoms with Gasteiger partial charge in [-0.05, 0) is 37.4 Å². The molecule has 0 aromatic heterocycles. The van der Waals surface area contributed by atoms with Gasteiger partial charge in [0.05, 0.1) is 20.8 Å². The van der Waals surface area contributed by atoms with Gasteiger partial charge in [-0.3, -0.25) is 4.90 Å². The Bertz CT molecular complexity index is 602. The number of rotatable bonds is 8. The van der Waals surface area contributed by atoms with Gasteiger partial charge >= 0.3 is 0 Å². The van der Waals surface area contributed by atoms with Gasteiger partial charge in [0, 0.05) is 51.4 Å². The van der Waals surface area contributed by atoms with E-state index >= 15 is 0 Å². The highest BCUT2D eigenvalue weighted by atomic mass is 16.5. The van der Waals surface area contributed by atoms with Crippen LogP contribution in [-0.2, 0) is 11.3 Å². The summed E-state index contributed by atoms with van der Waals surface area (Å²) in [6.45, 7) is 7.04. The Morgan fingerprint density at radius 1 is 1.11 bits per heavy atom. The van der Waals surface area contributed by atoms with Crippen molar-refractivity contribution < 1.29 is 19.3 Å². The molecule has 27 heavy (non-hydrogen) atoms. The molecule has 2 fully saturated rings. The predicted molar refractivity (Wildman–Crippen MR) is 105 cm³/mol. The van der Waals surface area contributed by atoms with E-state index in [0.717, 1.165) is 70.2 Å². The number of benzene rings is 1. The second-order valence-corrected chi connectivity index (χ2v) is 7.90. The highest BCUT2D eigenvalue weighted by Crippen LogP contribution is 2.45. The van der Waals surface area contributed by atoms with Gasteiger partial charge in [-0.25, -0.2) is 0 Å². The predicted octanol–water partition coefficient (Wildman–Crippen LogP) is 1.86. The van der Waals surface area contributed by atoms with Crippen LogP contribution in [-0.4, -0.2) is 82.2 Å². The second kappa shape index (κ2) is 9.24. The van der Waals surface area contributed by atoms with Gasteiger partial charge in [-0.1, -0.05) is 12.1 Å². The molecule has 2 aliphatic rings. The third kappa shape index (κ3) is 4.40. The first-order chi connectivity index (χ1) is 13.2. The molecule has 2 aliphatic heterocycles. The van der Waals surface area contributed by atoms with E-state index in [1.54, 1.807) is 21.3 Å². The summed E-state index contributed by atoms with van der Waals surface area (Å²) in [7, 11) is 5.13. The van der Waals surface area contributed by atoms with Crippen LogP contribution in [0.25, 0.3) is 0 Å². The Hall–Kier alpha value is -1.34. The van der Waals surface area contributed by atoms with Gasteiger partial charge in [0.1, 0.15) is 0 Å². The van der Waals surface area contributed by atoms with Crippen molar-refractivity contribution in [1.82, 2.24) is 9.80 Å². The molecule has 6 heteroatoms. The minimum absolute atomic E-state index is 0.247. The SMILES string of the molecule is COCCN1CC(CO)C2(CCN(Cc3cccc(OC)c3OC)CC2)C1. The summed E-state index contributed by atoms with van der Waals surface area (Å²) in [4.78, 5) is 4.96. The molecule has 1 aromatic carbocycles. The fourth-order valence-corrected chi connectivity index (χ4v) is 4.83. The topological polar surface area (TPSA) is 54.4 Å². The third-order valence-electron chi connectivity index (χ3n) is 6.45. The molecule has 0 saturated carbocycles. The van der Waals surface area contributed by atoms with Gasteiger partial charge < -0.3 is 24.2 Å². The van der Waals surface area contributed by atoms with E-state index < -0.39 is 0 Å². The molecule has 152 valence electrons. The molecule has 2 saturated heterocycles. The normalized spacial score (nSPS) is 23.0. The van der Waals surface area contributed by atoms with E-state index in [2.05, 4.69) is 15.9 Å². The summed E-state index contributed by atoms with van der Waals surface area (Å²) in [6.07, 6.45) is 2.27. The zero-order valence-corrected chi connectivity index (χ0v) is 16.9. The molecule has 0 bridgehead atoms. The lowest BCUT2D eigenvalue weighted by molar-refractivity contribution is 0.0474. The van der Waals surface area contributed by atoms with Crippen molar-refractivity contribution in [3.63, 3.8) is 0 Å². The van der Waals surface area contributed by atoms with Gasteiger partial charge in [0.2, 0.25) is 0 Å². The van der Waals surface area contributed by atoms with Crippen molar-refractivity contribution in [3.05, 3.63) is 23.8 Å². The third-order valence-corrected chi connectivity index (χ3v) is 6.45. The maximum Gasteiger partial charge on any atom is 0.165 e. The summed E-state index contributed by atoms with van der Waals surface area (Å²) in [6, 6.07) is 6.07. The van der Waals surface area contributed by atoms with Gasteiger partial charge in [-0.15, -0.1) is 0 Å². The highest BCUT2D eigenvalue weighted by molar-refractivity contribution is 5.46. The molecule has 6 nitrogen and oxygen atoms in total. The number of likely N-dealkylation sites (tertiary alicyclic amines) is 2. The van der Waals surface area contributed by atoms with Gasteiger partial charge in [0.15, 0.2) is 11.5 Å². The number of piperidine rings is 1. The molecule has 0 aliphatic carbocycles. The van der Waals surface area contributed by atoms with Crippen molar-refractivity contribution in [2.24, 2.45) is 11.3 Å². The molecule has 2 heterocycles. The summed E-state index contributed by atoms with van der Waals surface area (Å²) < 4.78 is 16.3. The monoisotopic (exact) mass is 378 g/mol. The quantitative estimate of drug-likeness (QED) is 0.745. The van der Waals surface area contributed by atoms with E-state index in [1.807, 2.05) is 12.1 Å². The van der Waals surface area contributed by atoms with Gasteiger partial charge in [0.25, 0.3) is 0 Å². The summed E-state index contributed by atoms with van der Waals surface area (Å²) >= 11 is 0. The summed E-state index contributed by atoms with van der Waals surface area (Å²) in [5, 5.41) is 9.95. The van der Waals surface area contributed by atoms with Crippen LogP contribution >= 0.6 is 0 Å². The first-order valence-electron chi connectivity index (χ1n) is 9.90. The van der Waals surface area contributed by atoms with Crippen molar-refractivity contribution in [3.8, 4) is 11.5 Å². The van der Waals surface area contributed by atoms with E-state index in [9.17, 15) is 5.11 Å². The van der Waals surface area contributed by atoms with Crippen LogP contribution in [0.5, 0.6) is 11.5 Å². The number of aliphatic hydroxyl groups excluding tert-OH is 1. The van der Waals surface area contributed by atoms with Crippen molar-refractivity contribution in [2.45, 2.75) is 19.4 Å². The Balaban J connectivity index is 1.62. The highest BCUT2D eigenvalue weighted by Gasteiger charge is 2.47. The summed E-state index contributed by atoms with van der Waals surface area (Å²) in [5.41, 5.74) is 1.41. The molecule has 0 radical (unpaired) electrons. The van der Waals surface area contributed by atoms with Crippen molar-refractivity contribution >= 4 is 0 Å². The minimum atomic E-state index is 0.247. The first kappa shape index (κ1) is 20.4. The van der Waals surface area contributed by atoms with Crippen LogP contribution in [0.15, 0.2) is 18.2 Å². The second-order valence-electron chi connectivity index (χ2n) is 7.90. The first-order valence-corrected chi connectivity index (χ1v) is 9.90. The Morgan fingerprint density at radius 3 is 2.52 bits per heavy atom. The van der Waals surface area contributed by atoms with Gasteiger partial charge in [-0.2, -0.15) is 0 Å². The largest absolute Gasteiger partial charge is 0.493 e. The van der Waals surface area contributed by atoms with E-state index in [0.29, 0.717) is 5.92 Å². The van der Waals surface area contributed by atoms with E-state index in [1.165, 1.54) is 5.56 Å². The fraction of sp³-hybridized carbons (Fsp3) is 0.714. The average Bonchev–Trinajstić information content (AvgIpc) is 3.05. The minimum Gasteiger partial charge on any atom is -0.493 e. The Labute approximate surface area is 163 Å². The average molecular weight is 379 g/mol. The van der Waals surface area contributed by atoms with Crippen LogP contribution in [0.3, 0.4) is 0 Å². The molecule has 1 aromatic rings. The van der Waals surface area contributed by atoms with Crippen molar-refractivity contribution in [2.75, 3.05) is 67.3 Å². The van der Waals surface area contributed by atoms with Crippen LogP contribution in [0, 0.1) is 11.3 Å². The lowest BCUT2D eigenvalue weighted by atomic mass is 9.71. The number of aliphatic hydroxyl groups is 1. The lowest BCUT2D eigenvalue weighted by Crippen LogP contribution is -2.44. The summed E-state index contributed by atoms with van der Waals surface area (Å²) in [5.74, 6) is 2.00. The maximum atomic E-state index is 9.95. The van der Waals surface area contributed by atoms with Crippen LogP contribution < -0.4 is 9.47 Å². The zero-order chi connectivity index (χ0) is 19.3. The number of para-hydroxylation sites is 1. The number of hydrogen-bond acceptors (Lipinski definition) is 6. The molecule has 0 amide bonds. The Morgan fingerprint density at radius 2 is 1.89 bits per heavy atom. The smallest absolute Gasteiger partial charge is 0.165 e. The molecular weight excluding hydrogens is 344 g/mol. The van der Waals surface area contributed by atoms with Crippen LogP contribution in [0.4, 0.5) is 0 Å². The van der Waals surface area contributed by atoms with E-state index in [4.69, 9.17) is 14.2 Å². The molecular formula is C21H34N2O4. The number of nitrogens with zero attached hydrogens (tertiary/aromatic N) is 2. The molecule has 1 atom stereocenters. The van der Waals surface area contributed by atoms with E-state index in [-0.39, 0.29) is 12.0 Å². The number of hydrogen-bond donors (Lipinski definition) is 1. The number of ether oxygens (including phenoxy) is 3. The molecule has 1 N–H and O–H groups in total. The van der Waals surface area contributed by atoms with Crippen molar-refractivity contribution in [1.29, 1.82) is 0 Å². The standard InChI is InChI=1S/C21H34N2O4/c1-25-12-11-23-14-18(15-24)21(16-23)7-9-22(10-8-21)13-17-5-4-6-19(26-2)20(17)27-3/h4-6,18,24H,7-16H2,1-3H3. The maximum absolute atomic E-state index is 9.95. The molecule has 1 spiro atoms. The van der Waals surface area contributed by atoms with Crippen LogP contribution in [0.2, 0.25) is 0 Å². The lowest BCUT2D eigenvalue weighted by Gasteiger charge is -2.42.